The van der Waals surface area contributed by atoms with Crippen LogP contribution in [-0.2, 0) is 21.2 Å². The molecule has 8 heteroatoms. The van der Waals surface area contributed by atoms with Crippen molar-refractivity contribution in [3.05, 3.63) is 53.8 Å². The summed E-state index contributed by atoms with van der Waals surface area (Å²) in [4.78, 5) is 14.8. The highest BCUT2D eigenvalue weighted by molar-refractivity contribution is 7.90. The second-order valence-electron chi connectivity index (χ2n) is 7.41. The Labute approximate surface area is 169 Å². The third-order valence-corrected chi connectivity index (χ3v) is 6.69. The van der Waals surface area contributed by atoms with Crippen LogP contribution >= 0.6 is 0 Å². The standard InChI is InChI=1S/C21H22FN3O3S/c1-14-9-10-15-13-16(22)11-12-18(15)25(14)21(26)8-4-7-20-23-17-5-2-3-6-19(17)29(27,28)24-20/h2-3,5-6,11-14H,4,7-10H2,1H3,(H,23,24). The second kappa shape index (κ2) is 7.59. The van der Waals surface area contributed by atoms with Gasteiger partial charge in [-0.1, -0.05) is 12.1 Å². The van der Waals surface area contributed by atoms with Crippen molar-refractivity contribution in [1.82, 2.24) is 0 Å². The van der Waals surface area contributed by atoms with Gasteiger partial charge in [0.2, 0.25) is 5.91 Å². The first-order valence-corrected chi connectivity index (χ1v) is 11.1. The number of anilines is 2. The Morgan fingerprint density at radius 2 is 2.07 bits per heavy atom. The van der Waals surface area contributed by atoms with E-state index in [0.29, 0.717) is 24.4 Å². The number of fused-ring (bicyclic) bond motifs is 2. The van der Waals surface area contributed by atoms with Gasteiger partial charge < -0.3 is 10.2 Å². The Hall–Kier alpha value is -2.74. The molecule has 2 aliphatic heterocycles. The normalized spacial score (nSPS) is 19.6. The molecule has 1 atom stereocenters. The summed E-state index contributed by atoms with van der Waals surface area (Å²) in [6.45, 7) is 1.99. The van der Waals surface area contributed by atoms with Crippen LogP contribution in [0.4, 0.5) is 15.8 Å². The van der Waals surface area contributed by atoms with Crippen LogP contribution in [0.5, 0.6) is 0 Å². The Bertz CT molecular complexity index is 1100. The fourth-order valence-corrected chi connectivity index (χ4v) is 5.08. The summed E-state index contributed by atoms with van der Waals surface area (Å²) < 4.78 is 42.0. The van der Waals surface area contributed by atoms with Gasteiger partial charge in [0.15, 0.2) is 0 Å². The molecular weight excluding hydrogens is 393 g/mol. The van der Waals surface area contributed by atoms with Crippen LogP contribution in [0.1, 0.15) is 38.2 Å². The number of carbonyl (C=O) groups is 1. The zero-order chi connectivity index (χ0) is 20.6. The van der Waals surface area contributed by atoms with Crippen LogP contribution in [0.2, 0.25) is 0 Å². The van der Waals surface area contributed by atoms with Crippen molar-refractivity contribution in [2.45, 2.75) is 50.0 Å². The maximum absolute atomic E-state index is 13.5. The molecule has 2 aliphatic rings. The average molecular weight is 415 g/mol. The van der Waals surface area contributed by atoms with Crippen molar-refractivity contribution < 1.29 is 17.6 Å². The highest BCUT2D eigenvalue weighted by atomic mass is 32.2. The average Bonchev–Trinajstić information content (AvgIpc) is 2.67. The van der Waals surface area contributed by atoms with E-state index in [1.54, 1.807) is 29.2 Å². The molecule has 0 saturated heterocycles. The van der Waals surface area contributed by atoms with Crippen molar-refractivity contribution in [2.75, 3.05) is 10.2 Å². The summed E-state index contributed by atoms with van der Waals surface area (Å²) in [5.41, 5.74) is 2.11. The molecule has 1 amide bonds. The summed E-state index contributed by atoms with van der Waals surface area (Å²) in [5, 5.41) is 3.04. The summed E-state index contributed by atoms with van der Waals surface area (Å²) in [5.74, 6) is -0.0102. The van der Waals surface area contributed by atoms with Gasteiger partial charge in [-0.2, -0.15) is 8.42 Å². The number of hydrogen-bond donors (Lipinski definition) is 1. The number of carbonyl (C=O) groups excluding carboxylic acids is 1. The van der Waals surface area contributed by atoms with Crippen molar-refractivity contribution in [3.63, 3.8) is 0 Å². The molecule has 0 bridgehead atoms. The molecule has 1 unspecified atom stereocenters. The zero-order valence-electron chi connectivity index (χ0n) is 16.1. The lowest BCUT2D eigenvalue weighted by atomic mass is 9.96. The van der Waals surface area contributed by atoms with Gasteiger partial charge in [0.1, 0.15) is 16.5 Å². The van der Waals surface area contributed by atoms with Gasteiger partial charge in [-0.05, 0) is 62.1 Å². The number of rotatable bonds is 4. The van der Waals surface area contributed by atoms with E-state index >= 15 is 0 Å². The Morgan fingerprint density at radius 3 is 2.90 bits per heavy atom. The molecule has 152 valence electrons. The molecule has 4 rings (SSSR count). The fourth-order valence-electron chi connectivity index (χ4n) is 3.90. The largest absolute Gasteiger partial charge is 0.342 e. The zero-order valence-corrected chi connectivity index (χ0v) is 16.9. The topological polar surface area (TPSA) is 78.8 Å². The highest BCUT2D eigenvalue weighted by Gasteiger charge is 2.29. The Kier molecular flexibility index (Phi) is 5.12. The Balaban J connectivity index is 1.43. The quantitative estimate of drug-likeness (QED) is 0.822. The molecular formula is C21H22FN3O3S. The molecule has 0 saturated carbocycles. The lowest BCUT2D eigenvalue weighted by Crippen LogP contribution is -2.42. The number of nitrogens with one attached hydrogen (secondary N) is 1. The number of nitrogens with zero attached hydrogens (tertiary/aromatic N) is 2. The molecule has 0 radical (unpaired) electrons. The number of sulfonamides is 1. The first-order chi connectivity index (χ1) is 13.8. The molecule has 2 aromatic rings. The minimum absolute atomic E-state index is 0.0397. The fraction of sp³-hybridized carbons (Fsp3) is 0.333. The Morgan fingerprint density at radius 1 is 1.28 bits per heavy atom. The monoisotopic (exact) mass is 415 g/mol. The van der Waals surface area contributed by atoms with Gasteiger partial charge >= 0.3 is 0 Å². The van der Waals surface area contributed by atoms with E-state index < -0.39 is 10.0 Å². The van der Waals surface area contributed by atoms with E-state index in [-0.39, 0.29) is 29.1 Å². The third-order valence-electron chi connectivity index (χ3n) is 5.32. The van der Waals surface area contributed by atoms with Crippen molar-refractivity contribution in [3.8, 4) is 0 Å². The van der Waals surface area contributed by atoms with Crippen LogP contribution in [-0.4, -0.2) is 26.2 Å². The number of amides is 1. The predicted molar refractivity (Wildman–Crippen MR) is 110 cm³/mol. The molecule has 2 aromatic carbocycles. The first kappa shape index (κ1) is 19.6. The molecule has 0 spiro atoms. The van der Waals surface area contributed by atoms with Gasteiger partial charge in [-0.25, -0.2) is 4.39 Å². The minimum Gasteiger partial charge on any atom is -0.342 e. The van der Waals surface area contributed by atoms with Gasteiger partial charge in [0.25, 0.3) is 10.0 Å². The van der Waals surface area contributed by atoms with Crippen LogP contribution in [0.25, 0.3) is 0 Å². The van der Waals surface area contributed by atoms with Gasteiger partial charge in [0.05, 0.1) is 5.69 Å². The summed E-state index contributed by atoms with van der Waals surface area (Å²) in [7, 11) is -3.72. The highest BCUT2D eigenvalue weighted by Crippen LogP contribution is 2.32. The summed E-state index contributed by atoms with van der Waals surface area (Å²) in [6.07, 6.45) is 2.59. The second-order valence-corrected chi connectivity index (χ2v) is 8.98. The van der Waals surface area contributed by atoms with Crippen molar-refractivity contribution in [1.29, 1.82) is 0 Å². The van der Waals surface area contributed by atoms with E-state index in [0.717, 1.165) is 24.1 Å². The SMILES string of the molecule is CC1CCc2cc(F)ccc2N1C(=O)CCCC1=NS(=O)(=O)c2ccccc2N1. The minimum atomic E-state index is -3.72. The van der Waals surface area contributed by atoms with Gasteiger partial charge in [-0.15, -0.1) is 4.40 Å². The van der Waals surface area contributed by atoms with Gasteiger partial charge in [0, 0.05) is 24.6 Å². The number of hydrogen-bond acceptors (Lipinski definition) is 4. The van der Waals surface area contributed by atoms with Crippen LogP contribution in [0, 0.1) is 5.82 Å². The molecule has 0 aromatic heterocycles. The van der Waals surface area contributed by atoms with Gasteiger partial charge in [-0.3, -0.25) is 4.79 Å². The molecule has 1 N–H and O–H groups in total. The van der Waals surface area contributed by atoms with E-state index in [4.69, 9.17) is 0 Å². The van der Waals surface area contributed by atoms with Crippen molar-refractivity contribution >= 4 is 33.1 Å². The number of halogens is 1. The molecule has 2 heterocycles. The molecule has 6 nitrogen and oxygen atoms in total. The number of aryl methyl sites for hydroxylation is 1. The predicted octanol–water partition coefficient (Wildman–Crippen LogP) is 3.88. The lowest BCUT2D eigenvalue weighted by Gasteiger charge is -2.35. The number of para-hydroxylation sites is 1. The number of benzene rings is 2. The molecule has 0 aliphatic carbocycles. The maximum atomic E-state index is 13.5. The van der Waals surface area contributed by atoms with E-state index in [2.05, 4.69) is 9.71 Å². The molecule has 0 fully saturated rings. The molecule has 29 heavy (non-hydrogen) atoms. The smallest absolute Gasteiger partial charge is 0.286 e. The lowest BCUT2D eigenvalue weighted by molar-refractivity contribution is -0.119. The van der Waals surface area contributed by atoms with Crippen LogP contribution in [0.3, 0.4) is 0 Å². The third kappa shape index (κ3) is 3.89. The van der Waals surface area contributed by atoms with Crippen molar-refractivity contribution in [2.24, 2.45) is 4.40 Å². The maximum Gasteiger partial charge on any atom is 0.286 e. The van der Waals surface area contributed by atoms with Crippen LogP contribution in [0.15, 0.2) is 51.8 Å². The van der Waals surface area contributed by atoms with E-state index in [1.807, 2.05) is 6.92 Å². The van der Waals surface area contributed by atoms with Crippen LogP contribution < -0.4 is 10.2 Å². The van der Waals surface area contributed by atoms with E-state index in [9.17, 15) is 17.6 Å². The number of amidine groups is 1. The first-order valence-electron chi connectivity index (χ1n) is 9.65. The summed E-state index contributed by atoms with van der Waals surface area (Å²) in [6, 6.07) is 11.2. The summed E-state index contributed by atoms with van der Waals surface area (Å²) >= 11 is 0. The van der Waals surface area contributed by atoms with E-state index in [1.165, 1.54) is 18.2 Å².